The topological polar surface area (TPSA) is 42.7 Å². The van der Waals surface area contributed by atoms with E-state index in [1.165, 1.54) is 0 Å². The van der Waals surface area contributed by atoms with Crippen molar-refractivity contribution in [3.63, 3.8) is 0 Å². The van der Waals surface area contributed by atoms with Crippen molar-refractivity contribution in [2.75, 3.05) is 5.32 Å². The number of nitrogens with zero attached hydrogens (tertiary/aromatic N) is 3. The van der Waals surface area contributed by atoms with Crippen LogP contribution >= 0.6 is 27.5 Å². The SMILES string of the molecule is Cc1cc(Br)c(NCc2nncn2C)cc1Cl. The van der Waals surface area contributed by atoms with E-state index in [2.05, 4.69) is 31.4 Å². The van der Waals surface area contributed by atoms with Crippen LogP contribution in [0, 0.1) is 6.92 Å². The zero-order valence-electron chi connectivity index (χ0n) is 9.54. The number of nitrogens with one attached hydrogen (secondary N) is 1. The number of rotatable bonds is 3. The van der Waals surface area contributed by atoms with Crippen molar-refractivity contribution in [3.8, 4) is 0 Å². The maximum Gasteiger partial charge on any atom is 0.151 e. The number of anilines is 1. The van der Waals surface area contributed by atoms with Gasteiger partial charge in [-0.3, -0.25) is 0 Å². The van der Waals surface area contributed by atoms with E-state index in [1.807, 2.05) is 30.7 Å². The second-order valence-electron chi connectivity index (χ2n) is 3.79. The maximum absolute atomic E-state index is 6.08. The van der Waals surface area contributed by atoms with Gasteiger partial charge in [0.1, 0.15) is 6.33 Å². The molecule has 4 nitrogen and oxygen atoms in total. The Balaban J connectivity index is 2.14. The molecule has 1 aromatic heterocycles. The lowest BCUT2D eigenvalue weighted by Crippen LogP contribution is -2.06. The third-order valence-electron chi connectivity index (χ3n) is 2.49. The molecule has 2 rings (SSSR count). The van der Waals surface area contributed by atoms with E-state index in [4.69, 9.17) is 11.6 Å². The molecule has 0 saturated heterocycles. The van der Waals surface area contributed by atoms with E-state index < -0.39 is 0 Å². The number of hydrogen-bond acceptors (Lipinski definition) is 3. The minimum absolute atomic E-state index is 0.606. The molecule has 1 aromatic carbocycles. The van der Waals surface area contributed by atoms with Gasteiger partial charge < -0.3 is 9.88 Å². The summed E-state index contributed by atoms with van der Waals surface area (Å²) in [6, 6.07) is 3.89. The molecule has 17 heavy (non-hydrogen) atoms. The van der Waals surface area contributed by atoms with Crippen LogP contribution in [0.25, 0.3) is 0 Å². The van der Waals surface area contributed by atoms with Gasteiger partial charge in [-0.1, -0.05) is 11.6 Å². The summed E-state index contributed by atoms with van der Waals surface area (Å²) in [5.41, 5.74) is 1.99. The van der Waals surface area contributed by atoms with Crippen molar-refractivity contribution >= 4 is 33.2 Å². The molecule has 6 heteroatoms. The second-order valence-corrected chi connectivity index (χ2v) is 5.05. The maximum atomic E-state index is 6.08. The van der Waals surface area contributed by atoms with Gasteiger partial charge in [0.2, 0.25) is 0 Å². The number of hydrogen-bond donors (Lipinski definition) is 1. The van der Waals surface area contributed by atoms with Crippen molar-refractivity contribution in [2.45, 2.75) is 13.5 Å². The standard InChI is InChI=1S/C11H12BrClN4/c1-7-3-8(12)10(4-9(7)13)14-5-11-16-15-6-17(11)2/h3-4,6,14H,5H2,1-2H3. The average molecular weight is 316 g/mol. The van der Waals surface area contributed by atoms with E-state index in [9.17, 15) is 0 Å². The van der Waals surface area contributed by atoms with Gasteiger partial charge in [0, 0.05) is 16.5 Å². The zero-order valence-corrected chi connectivity index (χ0v) is 11.9. The normalized spacial score (nSPS) is 10.6. The van der Waals surface area contributed by atoms with Crippen molar-refractivity contribution in [2.24, 2.45) is 7.05 Å². The number of aromatic nitrogens is 3. The second kappa shape index (κ2) is 5.06. The fourth-order valence-electron chi connectivity index (χ4n) is 1.42. The first-order valence-electron chi connectivity index (χ1n) is 5.10. The van der Waals surface area contributed by atoms with Crippen molar-refractivity contribution < 1.29 is 0 Å². The first-order valence-corrected chi connectivity index (χ1v) is 6.27. The van der Waals surface area contributed by atoms with Gasteiger partial charge in [0.25, 0.3) is 0 Å². The third-order valence-corrected chi connectivity index (χ3v) is 3.55. The molecule has 1 N–H and O–H groups in total. The Bertz CT molecular complexity index is 538. The first-order chi connectivity index (χ1) is 8.08. The zero-order chi connectivity index (χ0) is 12.4. The number of halogens is 2. The molecule has 0 aliphatic rings. The van der Waals surface area contributed by atoms with Crippen LogP contribution in [0.1, 0.15) is 11.4 Å². The molecule has 0 spiro atoms. The Hall–Kier alpha value is -1.07. The molecule has 1 heterocycles. The summed E-state index contributed by atoms with van der Waals surface area (Å²) in [6.07, 6.45) is 1.67. The lowest BCUT2D eigenvalue weighted by atomic mass is 10.2. The predicted octanol–water partition coefficient (Wildman–Crippen LogP) is 3.15. The largest absolute Gasteiger partial charge is 0.377 e. The van der Waals surface area contributed by atoms with Gasteiger partial charge in [-0.2, -0.15) is 0 Å². The summed E-state index contributed by atoms with van der Waals surface area (Å²) >= 11 is 9.58. The van der Waals surface area contributed by atoms with Crippen LogP contribution in [0.15, 0.2) is 22.9 Å². The van der Waals surface area contributed by atoms with Crippen LogP contribution in [-0.2, 0) is 13.6 Å². The van der Waals surface area contributed by atoms with Crippen LogP contribution in [-0.4, -0.2) is 14.8 Å². The van der Waals surface area contributed by atoms with E-state index in [0.717, 1.165) is 26.6 Å². The van der Waals surface area contributed by atoms with Gasteiger partial charge in [-0.25, -0.2) is 0 Å². The molecule has 0 fully saturated rings. The Kier molecular flexibility index (Phi) is 3.69. The predicted molar refractivity (Wildman–Crippen MR) is 72.2 cm³/mol. The highest BCUT2D eigenvalue weighted by molar-refractivity contribution is 9.10. The summed E-state index contributed by atoms with van der Waals surface area (Å²) in [5.74, 6) is 0.869. The average Bonchev–Trinajstić information content (AvgIpc) is 2.68. The number of benzene rings is 1. The van der Waals surface area contributed by atoms with Crippen molar-refractivity contribution in [1.29, 1.82) is 0 Å². The molecule has 0 aliphatic carbocycles. The Morgan fingerprint density at radius 1 is 1.47 bits per heavy atom. The smallest absolute Gasteiger partial charge is 0.151 e. The van der Waals surface area contributed by atoms with Crippen LogP contribution < -0.4 is 5.32 Å². The summed E-state index contributed by atoms with van der Waals surface area (Å²) in [5, 5.41) is 11.8. The monoisotopic (exact) mass is 314 g/mol. The molecule has 0 atom stereocenters. The molecule has 0 saturated carbocycles. The minimum atomic E-state index is 0.606. The minimum Gasteiger partial charge on any atom is -0.377 e. The first kappa shape index (κ1) is 12.4. The summed E-state index contributed by atoms with van der Waals surface area (Å²) < 4.78 is 2.86. The quantitative estimate of drug-likeness (QED) is 0.946. The highest BCUT2D eigenvalue weighted by atomic mass is 79.9. The van der Waals surface area contributed by atoms with Crippen molar-refractivity contribution in [1.82, 2.24) is 14.8 Å². The Labute approximate surface area is 113 Å². The van der Waals surface area contributed by atoms with Gasteiger partial charge in [0.05, 0.1) is 12.2 Å². The molecule has 0 amide bonds. The van der Waals surface area contributed by atoms with E-state index in [1.54, 1.807) is 6.33 Å². The lowest BCUT2D eigenvalue weighted by Gasteiger charge is -2.10. The fraction of sp³-hybridized carbons (Fsp3) is 0.273. The third kappa shape index (κ3) is 2.79. The van der Waals surface area contributed by atoms with Gasteiger partial charge >= 0.3 is 0 Å². The highest BCUT2D eigenvalue weighted by Crippen LogP contribution is 2.29. The van der Waals surface area contributed by atoms with Crippen molar-refractivity contribution in [3.05, 3.63) is 39.3 Å². The Morgan fingerprint density at radius 3 is 2.88 bits per heavy atom. The number of aryl methyl sites for hydroxylation is 2. The highest BCUT2D eigenvalue weighted by Gasteiger charge is 2.05. The Morgan fingerprint density at radius 2 is 2.24 bits per heavy atom. The van der Waals surface area contributed by atoms with Crippen LogP contribution in [0.4, 0.5) is 5.69 Å². The molecule has 2 aromatic rings. The molecule has 0 radical (unpaired) electrons. The molecule has 0 unspecified atom stereocenters. The fourth-order valence-corrected chi connectivity index (χ4v) is 2.18. The van der Waals surface area contributed by atoms with Gasteiger partial charge in [0.15, 0.2) is 5.82 Å². The molecular weight excluding hydrogens is 304 g/mol. The molecule has 0 aliphatic heterocycles. The summed E-state index contributed by atoms with van der Waals surface area (Å²) in [6.45, 7) is 2.58. The molecule has 90 valence electrons. The lowest BCUT2D eigenvalue weighted by molar-refractivity contribution is 0.812. The van der Waals surface area contributed by atoms with Crippen LogP contribution in [0.3, 0.4) is 0 Å². The van der Waals surface area contributed by atoms with E-state index in [-0.39, 0.29) is 0 Å². The van der Waals surface area contributed by atoms with Gasteiger partial charge in [-0.05, 0) is 40.5 Å². The van der Waals surface area contributed by atoms with Crippen LogP contribution in [0.5, 0.6) is 0 Å². The summed E-state index contributed by atoms with van der Waals surface area (Å²) in [4.78, 5) is 0. The van der Waals surface area contributed by atoms with Gasteiger partial charge in [-0.15, -0.1) is 10.2 Å². The molecule has 0 bridgehead atoms. The van der Waals surface area contributed by atoms with E-state index >= 15 is 0 Å². The summed E-state index contributed by atoms with van der Waals surface area (Å²) in [7, 11) is 1.91. The van der Waals surface area contributed by atoms with Crippen LogP contribution in [0.2, 0.25) is 5.02 Å². The van der Waals surface area contributed by atoms with E-state index in [0.29, 0.717) is 6.54 Å². The molecular formula is C11H12BrClN4.